The van der Waals surface area contributed by atoms with E-state index in [-0.39, 0.29) is 24.7 Å². The van der Waals surface area contributed by atoms with Crippen LogP contribution in [0, 0.1) is 0 Å². The predicted octanol–water partition coefficient (Wildman–Crippen LogP) is 0.0539. The van der Waals surface area contributed by atoms with Gasteiger partial charge in [-0.2, -0.15) is 0 Å². The van der Waals surface area contributed by atoms with Gasteiger partial charge in [-0.15, -0.1) is 0 Å². The average Bonchev–Trinajstić information content (AvgIpc) is 1.75. The normalized spacial score (nSPS) is 56.6. The lowest BCUT2D eigenvalue weighted by molar-refractivity contribution is -0.131. The van der Waals surface area contributed by atoms with Gasteiger partial charge in [0.1, 0.15) is 12.0 Å². The molecule has 2 unspecified atom stereocenters. The predicted molar refractivity (Wildman–Crippen MR) is 35.5 cm³/mol. The van der Waals surface area contributed by atoms with Crippen LogP contribution in [0.25, 0.3) is 0 Å². The van der Waals surface area contributed by atoms with Gasteiger partial charge in [0, 0.05) is 18.9 Å². The Kier molecular flexibility index (Phi) is 0.891. The first kappa shape index (κ1) is 3.83. The lowest BCUT2D eigenvalue weighted by atomic mass is 9.98. The molecule has 0 spiro atoms. The molecule has 2 fully saturated rings. The van der Waals surface area contributed by atoms with Crippen LogP contribution in [-0.4, -0.2) is 24.6 Å². The monoisotopic (exact) mass is 144 g/mol. The number of hydrogen-bond acceptors (Lipinski definition) is 3. The summed E-state index contributed by atoms with van der Waals surface area (Å²) in [7, 11) is 0. The number of nitrogens with one attached hydrogen (secondary N) is 1. The number of Topliss-reactive ketones (excluding diaryl/α,β-unsaturated/α-hetero) is 1. The third kappa shape index (κ3) is 1.07. The van der Waals surface area contributed by atoms with Crippen molar-refractivity contribution in [1.82, 2.24) is 5.32 Å². The van der Waals surface area contributed by atoms with Crippen molar-refractivity contribution in [2.24, 2.45) is 0 Å². The Morgan fingerprint density at radius 3 is 3.50 bits per heavy atom. The minimum Gasteiger partial charge on any atom is -0.363 e. The summed E-state index contributed by atoms with van der Waals surface area (Å²) in [5, 5.41) is 2.80. The molecular weight excluding hydrogens is 130 g/mol. The summed E-state index contributed by atoms with van der Waals surface area (Å²) < 4.78 is 27.3. The van der Waals surface area contributed by atoms with E-state index in [1.54, 1.807) is 0 Å². The fourth-order valence-corrected chi connectivity index (χ4v) is 1.27. The van der Waals surface area contributed by atoms with Crippen LogP contribution in [0.1, 0.15) is 23.4 Å². The molecule has 2 bridgehead atoms. The molecule has 0 saturated carbocycles. The van der Waals surface area contributed by atoms with Gasteiger partial charge in [0.15, 0.2) is 0 Å². The molecule has 2 atom stereocenters. The van der Waals surface area contributed by atoms with Crippen LogP contribution in [0.2, 0.25) is 0 Å². The first-order valence-corrected chi connectivity index (χ1v) is 3.38. The zero-order valence-electron chi connectivity index (χ0n) is 8.52. The maximum absolute atomic E-state index is 11.1. The van der Waals surface area contributed by atoms with Crippen molar-refractivity contribution < 1.29 is 13.6 Å². The Labute approximate surface area is 64.0 Å². The number of hydrogen-bond donors (Lipinski definition) is 1. The average molecular weight is 144 g/mol. The smallest absolute Gasteiger partial charge is 0.138 e. The van der Waals surface area contributed by atoms with E-state index in [2.05, 4.69) is 5.32 Å². The molecule has 0 amide bonds. The van der Waals surface area contributed by atoms with Crippen LogP contribution >= 0.6 is 0 Å². The first-order chi connectivity index (χ1) is 5.89. The van der Waals surface area contributed by atoms with Crippen LogP contribution < -0.4 is 5.32 Å². The SMILES string of the molecule is [2H]C1([2H])CC2CC(=O)CC([2H])(N2)O1. The minimum atomic E-state index is -1.78. The fourth-order valence-electron chi connectivity index (χ4n) is 1.27. The lowest BCUT2D eigenvalue weighted by Gasteiger charge is -2.34. The highest BCUT2D eigenvalue weighted by Gasteiger charge is 2.30. The molecule has 2 aliphatic rings. The summed E-state index contributed by atoms with van der Waals surface area (Å²) in [5.41, 5.74) is 0. The van der Waals surface area contributed by atoms with Gasteiger partial charge in [-0.05, 0) is 6.42 Å². The van der Waals surface area contributed by atoms with E-state index in [1.807, 2.05) is 0 Å². The molecule has 0 aromatic heterocycles. The molecule has 2 heterocycles. The van der Waals surface area contributed by atoms with E-state index in [0.29, 0.717) is 6.42 Å². The maximum Gasteiger partial charge on any atom is 0.138 e. The highest BCUT2D eigenvalue weighted by Crippen LogP contribution is 2.17. The van der Waals surface area contributed by atoms with Gasteiger partial charge >= 0.3 is 0 Å². The standard InChI is InChI=1S/C7H11NO2/c9-6-3-5-1-2-10-7(4-6)8-5/h5,7-8H,1-4H2/i2D2,7D. The van der Waals surface area contributed by atoms with E-state index < -0.39 is 12.8 Å². The topological polar surface area (TPSA) is 38.3 Å². The number of piperidine rings is 1. The van der Waals surface area contributed by atoms with Crippen molar-refractivity contribution in [2.75, 3.05) is 6.56 Å². The fraction of sp³-hybridized carbons (Fsp3) is 0.857. The molecule has 0 aromatic rings. The van der Waals surface area contributed by atoms with Crippen LogP contribution in [0.5, 0.6) is 0 Å². The van der Waals surface area contributed by atoms with Crippen molar-refractivity contribution in [3.8, 4) is 0 Å². The van der Waals surface area contributed by atoms with Gasteiger partial charge in [0.2, 0.25) is 0 Å². The molecule has 2 rings (SSSR count). The van der Waals surface area contributed by atoms with E-state index >= 15 is 0 Å². The number of fused-ring (bicyclic) bond motifs is 2. The molecule has 2 saturated heterocycles. The Balaban J connectivity index is 2.22. The third-order valence-corrected chi connectivity index (χ3v) is 1.72. The zero-order chi connectivity index (χ0) is 9.69. The van der Waals surface area contributed by atoms with E-state index in [1.165, 1.54) is 0 Å². The van der Waals surface area contributed by atoms with Crippen molar-refractivity contribution in [3.63, 3.8) is 0 Å². The van der Waals surface area contributed by atoms with Crippen LogP contribution in [0.15, 0.2) is 0 Å². The molecule has 2 aliphatic heterocycles. The van der Waals surface area contributed by atoms with Gasteiger partial charge in [-0.25, -0.2) is 0 Å². The number of rotatable bonds is 0. The second-order valence-electron chi connectivity index (χ2n) is 2.63. The molecule has 0 aliphatic carbocycles. The molecule has 56 valence electrons. The van der Waals surface area contributed by atoms with Gasteiger partial charge in [-0.3, -0.25) is 10.1 Å². The van der Waals surface area contributed by atoms with Gasteiger partial charge < -0.3 is 4.74 Å². The summed E-state index contributed by atoms with van der Waals surface area (Å²) in [5.74, 6) is -0.0331. The summed E-state index contributed by atoms with van der Waals surface area (Å²) in [6.07, 6.45) is -1.16. The summed E-state index contributed by atoms with van der Waals surface area (Å²) >= 11 is 0. The minimum absolute atomic E-state index is 0.0331. The summed E-state index contributed by atoms with van der Waals surface area (Å²) in [4.78, 5) is 11.1. The molecule has 0 aromatic carbocycles. The molecule has 3 heteroatoms. The van der Waals surface area contributed by atoms with Crippen molar-refractivity contribution in [2.45, 2.75) is 31.5 Å². The number of ketones is 1. The quantitative estimate of drug-likeness (QED) is 0.522. The number of carbonyl (C=O) groups is 1. The summed E-state index contributed by atoms with van der Waals surface area (Å²) in [6, 6.07) is -0.248. The molecular formula is C7H11NO2. The van der Waals surface area contributed by atoms with Crippen molar-refractivity contribution >= 4 is 5.78 Å². The number of carbonyl (C=O) groups excluding carboxylic acids is 1. The molecule has 10 heavy (non-hydrogen) atoms. The number of ether oxygens (including phenoxy) is 1. The van der Waals surface area contributed by atoms with Gasteiger partial charge in [0.05, 0.1) is 10.7 Å². The molecule has 3 nitrogen and oxygen atoms in total. The van der Waals surface area contributed by atoms with E-state index in [4.69, 9.17) is 8.85 Å². The highest BCUT2D eigenvalue weighted by atomic mass is 16.5. The largest absolute Gasteiger partial charge is 0.363 e. The highest BCUT2D eigenvalue weighted by molar-refractivity contribution is 5.80. The van der Waals surface area contributed by atoms with Gasteiger partial charge in [-0.1, -0.05) is 0 Å². The van der Waals surface area contributed by atoms with Crippen LogP contribution in [0.4, 0.5) is 0 Å². The lowest BCUT2D eigenvalue weighted by Crippen LogP contribution is -2.51. The molecule has 1 N–H and O–H groups in total. The van der Waals surface area contributed by atoms with Gasteiger partial charge in [0.25, 0.3) is 0 Å². The first-order valence-electron chi connectivity index (χ1n) is 4.88. The Bertz CT molecular complexity index is 256. The van der Waals surface area contributed by atoms with E-state index in [9.17, 15) is 4.79 Å². The zero-order valence-corrected chi connectivity index (χ0v) is 5.52. The second-order valence-corrected chi connectivity index (χ2v) is 2.63. The van der Waals surface area contributed by atoms with Crippen molar-refractivity contribution in [1.29, 1.82) is 0 Å². The van der Waals surface area contributed by atoms with Crippen LogP contribution in [-0.2, 0) is 9.53 Å². The Morgan fingerprint density at radius 2 is 2.70 bits per heavy atom. The second kappa shape index (κ2) is 2.32. The third-order valence-electron chi connectivity index (χ3n) is 1.72. The Hall–Kier alpha value is -0.410. The molecule has 0 radical (unpaired) electrons. The van der Waals surface area contributed by atoms with Crippen LogP contribution in [0.3, 0.4) is 0 Å². The Morgan fingerprint density at radius 1 is 1.80 bits per heavy atom. The summed E-state index contributed by atoms with van der Waals surface area (Å²) in [6.45, 7) is -1.78. The van der Waals surface area contributed by atoms with E-state index in [0.717, 1.165) is 0 Å². The maximum atomic E-state index is 11.1. The van der Waals surface area contributed by atoms with Crippen molar-refractivity contribution in [3.05, 3.63) is 0 Å².